The third kappa shape index (κ3) is 4.92. The summed E-state index contributed by atoms with van der Waals surface area (Å²) in [6.07, 6.45) is 1.58. The Labute approximate surface area is 180 Å². The van der Waals surface area contributed by atoms with Gasteiger partial charge < -0.3 is 4.74 Å². The molecule has 4 nitrogen and oxygen atoms in total. The number of hydrogen-bond acceptors (Lipinski definition) is 4. The first-order chi connectivity index (χ1) is 14.6. The van der Waals surface area contributed by atoms with Gasteiger partial charge in [0.15, 0.2) is 0 Å². The SMILES string of the molecule is CCc1ccc(-c2ccc(COc3ccc(CC4SC(=O)NC4=O)cc3)cc2)cc1. The topological polar surface area (TPSA) is 55.4 Å². The van der Waals surface area contributed by atoms with Crippen molar-refractivity contribution in [2.75, 3.05) is 0 Å². The molecule has 0 bridgehead atoms. The molecule has 2 amide bonds. The van der Waals surface area contributed by atoms with Gasteiger partial charge in [-0.3, -0.25) is 14.9 Å². The number of carbonyl (C=O) groups is 2. The standard InChI is InChI=1S/C25H23NO3S/c1-2-17-3-9-20(10-4-17)21-11-5-19(6-12-21)16-29-22-13-7-18(8-14-22)15-23-24(27)26-25(28)30-23/h3-14,23H,2,15-16H2,1H3,(H,26,27,28). The van der Waals surface area contributed by atoms with Gasteiger partial charge in [0, 0.05) is 0 Å². The van der Waals surface area contributed by atoms with Crippen molar-refractivity contribution in [2.24, 2.45) is 0 Å². The van der Waals surface area contributed by atoms with Crippen LogP contribution in [0.25, 0.3) is 11.1 Å². The van der Waals surface area contributed by atoms with Crippen LogP contribution in [-0.2, 0) is 24.2 Å². The minimum Gasteiger partial charge on any atom is -0.489 e. The van der Waals surface area contributed by atoms with Crippen LogP contribution in [0.1, 0.15) is 23.6 Å². The van der Waals surface area contributed by atoms with Gasteiger partial charge in [0.1, 0.15) is 12.4 Å². The molecule has 1 saturated heterocycles. The molecule has 1 N–H and O–H groups in total. The Balaban J connectivity index is 1.32. The lowest BCUT2D eigenvalue weighted by atomic mass is 10.0. The van der Waals surface area contributed by atoms with E-state index in [-0.39, 0.29) is 16.4 Å². The minimum atomic E-state index is -0.346. The van der Waals surface area contributed by atoms with Crippen molar-refractivity contribution in [1.82, 2.24) is 5.32 Å². The molecule has 0 radical (unpaired) electrons. The molecular weight excluding hydrogens is 394 g/mol. The summed E-state index contributed by atoms with van der Waals surface area (Å²) >= 11 is 1.05. The van der Waals surface area contributed by atoms with Gasteiger partial charge >= 0.3 is 0 Å². The molecule has 1 fully saturated rings. The zero-order valence-electron chi connectivity index (χ0n) is 16.8. The number of carbonyl (C=O) groups excluding carboxylic acids is 2. The Morgan fingerprint density at radius 2 is 1.37 bits per heavy atom. The number of thioether (sulfide) groups is 1. The zero-order valence-corrected chi connectivity index (χ0v) is 17.6. The van der Waals surface area contributed by atoms with Crippen LogP contribution in [-0.4, -0.2) is 16.4 Å². The first-order valence-corrected chi connectivity index (χ1v) is 10.9. The second-order valence-electron chi connectivity index (χ2n) is 7.27. The van der Waals surface area contributed by atoms with E-state index in [0.717, 1.165) is 35.1 Å². The van der Waals surface area contributed by atoms with E-state index in [4.69, 9.17) is 4.74 Å². The van der Waals surface area contributed by atoms with Gasteiger partial charge in [-0.15, -0.1) is 0 Å². The maximum absolute atomic E-state index is 11.7. The second-order valence-corrected chi connectivity index (χ2v) is 8.44. The average Bonchev–Trinajstić information content (AvgIpc) is 3.10. The van der Waals surface area contributed by atoms with Crippen molar-refractivity contribution < 1.29 is 14.3 Å². The van der Waals surface area contributed by atoms with E-state index < -0.39 is 0 Å². The van der Waals surface area contributed by atoms with E-state index in [1.165, 1.54) is 16.7 Å². The Kier molecular flexibility index (Phi) is 6.19. The molecular formula is C25H23NO3S. The molecule has 1 atom stereocenters. The Morgan fingerprint density at radius 1 is 0.800 bits per heavy atom. The summed E-state index contributed by atoms with van der Waals surface area (Å²) in [5.41, 5.74) is 5.85. The predicted octanol–water partition coefficient (Wildman–Crippen LogP) is 5.39. The largest absolute Gasteiger partial charge is 0.489 e. The Bertz CT molecular complexity index is 1030. The highest BCUT2D eigenvalue weighted by Crippen LogP contribution is 2.25. The maximum atomic E-state index is 11.7. The molecule has 0 aliphatic carbocycles. The molecule has 0 aromatic heterocycles. The minimum absolute atomic E-state index is 0.213. The molecule has 3 aromatic rings. The van der Waals surface area contributed by atoms with Gasteiger partial charge in [-0.1, -0.05) is 79.3 Å². The highest BCUT2D eigenvalue weighted by Gasteiger charge is 2.31. The summed E-state index contributed by atoms with van der Waals surface area (Å²) in [7, 11) is 0. The van der Waals surface area contributed by atoms with Crippen molar-refractivity contribution in [2.45, 2.75) is 31.6 Å². The van der Waals surface area contributed by atoms with E-state index in [9.17, 15) is 9.59 Å². The lowest BCUT2D eigenvalue weighted by molar-refractivity contribution is -0.118. The van der Waals surface area contributed by atoms with E-state index >= 15 is 0 Å². The molecule has 5 heteroatoms. The average molecular weight is 418 g/mol. The molecule has 4 rings (SSSR count). The summed E-state index contributed by atoms with van der Waals surface area (Å²) in [6, 6.07) is 24.8. The van der Waals surface area contributed by atoms with Crippen molar-refractivity contribution in [1.29, 1.82) is 0 Å². The molecule has 0 saturated carbocycles. The van der Waals surface area contributed by atoms with Gasteiger partial charge in [0.25, 0.3) is 5.24 Å². The number of hydrogen-bond donors (Lipinski definition) is 1. The van der Waals surface area contributed by atoms with Crippen LogP contribution in [0.15, 0.2) is 72.8 Å². The molecule has 0 spiro atoms. The normalized spacial score (nSPS) is 15.8. The van der Waals surface area contributed by atoms with Crippen LogP contribution in [0.5, 0.6) is 5.75 Å². The number of benzene rings is 3. The van der Waals surface area contributed by atoms with E-state index in [1.807, 2.05) is 24.3 Å². The highest BCUT2D eigenvalue weighted by atomic mass is 32.2. The van der Waals surface area contributed by atoms with Gasteiger partial charge in [0.05, 0.1) is 5.25 Å². The molecule has 1 aliphatic rings. The summed E-state index contributed by atoms with van der Waals surface area (Å²) in [6.45, 7) is 2.65. The van der Waals surface area contributed by atoms with Crippen LogP contribution in [0.3, 0.4) is 0 Å². The Morgan fingerprint density at radius 3 is 1.90 bits per heavy atom. The Hall–Kier alpha value is -3.05. The number of amides is 2. The summed E-state index contributed by atoms with van der Waals surface area (Å²) in [4.78, 5) is 22.9. The van der Waals surface area contributed by atoms with Crippen LogP contribution in [0.4, 0.5) is 4.79 Å². The first-order valence-electron chi connectivity index (χ1n) is 10.0. The second kappa shape index (κ2) is 9.18. The first kappa shape index (κ1) is 20.2. The van der Waals surface area contributed by atoms with Crippen LogP contribution < -0.4 is 10.1 Å². The van der Waals surface area contributed by atoms with Crippen molar-refractivity contribution >= 4 is 22.9 Å². The number of imide groups is 1. The summed E-state index contributed by atoms with van der Waals surface area (Å²) < 4.78 is 5.89. The maximum Gasteiger partial charge on any atom is 0.286 e. The lowest BCUT2D eigenvalue weighted by Crippen LogP contribution is -2.25. The molecule has 30 heavy (non-hydrogen) atoms. The highest BCUT2D eigenvalue weighted by molar-refractivity contribution is 8.15. The van der Waals surface area contributed by atoms with Gasteiger partial charge in [-0.05, 0) is 52.8 Å². The molecule has 152 valence electrons. The molecule has 1 aliphatic heterocycles. The lowest BCUT2D eigenvalue weighted by Gasteiger charge is -2.09. The third-order valence-corrected chi connectivity index (χ3v) is 6.15. The fraction of sp³-hybridized carbons (Fsp3) is 0.200. The number of aryl methyl sites for hydroxylation is 1. The third-order valence-electron chi connectivity index (χ3n) is 5.17. The monoisotopic (exact) mass is 417 g/mol. The number of rotatable bonds is 7. The van der Waals surface area contributed by atoms with Crippen molar-refractivity contribution in [3.63, 3.8) is 0 Å². The van der Waals surface area contributed by atoms with E-state index in [2.05, 4.69) is 60.8 Å². The van der Waals surface area contributed by atoms with E-state index in [1.54, 1.807) is 0 Å². The van der Waals surface area contributed by atoms with Gasteiger partial charge in [-0.2, -0.15) is 0 Å². The smallest absolute Gasteiger partial charge is 0.286 e. The van der Waals surface area contributed by atoms with Crippen molar-refractivity contribution in [3.8, 4) is 16.9 Å². The summed E-state index contributed by atoms with van der Waals surface area (Å²) in [5.74, 6) is 0.563. The molecule has 1 heterocycles. The predicted molar refractivity (Wildman–Crippen MR) is 121 cm³/mol. The fourth-order valence-electron chi connectivity index (χ4n) is 3.36. The molecule has 1 unspecified atom stereocenters. The fourth-order valence-corrected chi connectivity index (χ4v) is 4.22. The van der Waals surface area contributed by atoms with Crippen LogP contribution in [0, 0.1) is 0 Å². The van der Waals surface area contributed by atoms with Gasteiger partial charge in [-0.25, -0.2) is 0 Å². The molecule has 3 aromatic carbocycles. The zero-order chi connectivity index (χ0) is 20.9. The quantitative estimate of drug-likeness (QED) is 0.560. The van der Waals surface area contributed by atoms with Gasteiger partial charge in [0.2, 0.25) is 5.91 Å². The number of nitrogens with one attached hydrogen (secondary N) is 1. The van der Waals surface area contributed by atoms with Crippen LogP contribution >= 0.6 is 11.8 Å². The summed E-state index contributed by atoms with van der Waals surface area (Å²) in [5, 5.41) is 1.70. The van der Waals surface area contributed by atoms with E-state index in [0.29, 0.717) is 13.0 Å². The van der Waals surface area contributed by atoms with Crippen molar-refractivity contribution in [3.05, 3.63) is 89.5 Å². The number of ether oxygens (including phenoxy) is 1. The van der Waals surface area contributed by atoms with Crippen LogP contribution in [0.2, 0.25) is 0 Å².